The summed E-state index contributed by atoms with van der Waals surface area (Å²) < 4.78 is 4.93. The SMILES string of the molecule is CC(=O)N1CCN(C(=O)Cc2ccc3oc(=O)[nH]c3c2)CC1. The number of benzene rings is 1. The Bertz CT molecular complexity index is 768. The molecule has 0 saturated carbocycles. The second-order valence-corrected chi connectivity index (χ2v) is 5.41. The smallest absolute Gasteiger partial charge is 0.408 e. The molecule has 1 aromatic heterocycles. The maximum atomic E-state index is 12.3. The van der Waals surface area contributed by atoms with Crippen molar-refractivity contribution >= 4 is 22.9 Å². The first kappa shape index (κ1) is 14.4. The van der Waals surface area contributed by atoms with Gasteiger partial charge in [0.05, 0.1) is 11.9 Å². The fourth-order valence-corrected chi connectivity index (χ4v) is 2.67. The quantitative estimate of drug-likeness (QED) is 0.867. The Hall–Kier alpha value is -2.57. The zero-order chi connectivity index (χ0) is 15.7. The molecule has 0 unspecified atom stereocenters. The summed E-state index contributed by atoms with van der Waals surface area (Å²) in [7, 11) is 0. The molecular weight excluding hydrogens is 286 g/mol. The highest BCUT2D eigenvalue weighted by Crippen LogP contribution is 2.14. The van der Waals surface area contributed by atoms with Crippen molar-refractivity contribution in [2.75, 3.05) is 26.2 Å². The van der Waals surface area contributed by atoms with Gasteiger partial charge in [0, 0.05) is 33.1 Å². The second-order valence-electron chi connectivity index (χ2n) is 5.41. The molecular formula is C15H17N3O4. The lowest BCUT2D eigenvalue weighted by molar-refractivity contribution is -0.138. The van der Waals surface area contributed by atoms with Crippen molar-refractivity contribution in [2.24, 2.45) is 0 Å². The Morgan fingerprint density at radius 3 is 2.55 bits per heavy atom. The van der Waals surface area contributed by atoms with E-state index in [2.05, 4.69) is 4.98 Å². The normalized spacial score (nSPS) is 15.3. The molecule has 1 aromatic carbocycles. The molecule has 0 aliphatic carbocycles. The number of piperazine rings is 1. The largest absolute Gasteiger partial charge is 0.417 e. The van der Waals surface area contributed by atoms with Crippen LogP contribution in [0.25, 0.3) is 11.1 Å². The van der Waals surface area contributed by atoms with Gasteiger partial charge in [-0.3, -0.25) is 14.6 Å². The average molecular weight is 303 g/mol. The van der Waals surface area contributed by atoms with E-state index in [1.807, 2.05) is 0 Å². The van der Waals surface area contributed by atoms with E-state index in [1.54, 1.807) is 34.9 Å². The maximum absolute atomic E-state index is 12.3. The maximum Gasteiger partial charge on any atom is 0.417 e. The number of oxazole rings is 1. The number of nitrogens with one attached hydrogen (secondary N) is 1. The third-order valence-corrected chi connectivity index (χ3v) is 3.92. The molecule has 2 heterocycles. The number of hydrogen-bond donors (Lipinski definition) is 1. The van der Waals surface area contributed by atoms with E-state index >= 15 is 0 Å². The highest BCUT2D eigenvalue weighted by atomic mass is 16.4. The third kappa shape index (κ3) is 2.88. The van der Waals surface area contributed by atoms with Crippen LogP contribution in [0.2, 0.25) is 0 Å². The van der Waals surface area contributed by atoms with Gasteiger partial charge in [0.15, 0.2) is 5.58 Å². The Balaban J connectivity index is 1.65. The molecule has 2 aromatic rings. The van der Waals surface area contributed by atoms with E-state index < -0.39 is 5.76 Å². The van der Waals surface area contributed by atoms with Gasteiger partial charge in [-0.25, -0.2) is 4.79 Å². The van der Waals surface area contributed by atoms with Crippen molar-refractivity contribution in [2.45, 2.75) is 13.3 Å². The van der Waals surface area contributed by atoms with Crippen LogP contribution in [-0.4, -0.2) is 52.8 Å². The minimum Gasteiger partial charge on any atom is -0.408 e. The van der Waals surface area contributed by atoms with Crippen molar-refractivity contribution in [3.8, 4) is 0 Å². The topological polar surface area (TPSA) is 86.6 Å². The minimum absolute atomic E-state index is 0.0217. The van der Waals surface area contributed by atoms with Crippen LogP contribution in [-0.2, 0) is 16.0 Å². The van der Waals surface area contributed by atoms with E-state index in [0.717, 1.165) is 5.56 Å². The van der Waals surface area contributed by atoms with Crippen molar-refractivity contribution in [3.63, 3.8) is 0 Å². The predicted octanol–water partition coefficient (Wildman–Crippen LogP) is 0.354. The van der Waals surface area contributed by atoms with Gasteiger partial charge in [-0.15, -0.1) is 0 Å². The zero-order valence-electron chi connectivity index (χ0n) is 12.3. The summed E-state index contributed by atoms with van der Waals surface area (Å²) in [5.41, 5.74) is 1.90. The van der Waals surface area contributed by atoms with Crippen LogP contribution in [0.1, 0.15) is 12.5 Å². The van der Waals surface area contributed by atoms with Crippen LogP contribution in [0.15, 0.2) is 27.4 Å². The predicted molar refractivity (Wildman–Crippen MR) is 79.4 cm³/mol. The number of amides is 2. The number of aromatic nitrogens is 1. The highest BCUT2D eigenvalue weighted by Gasteiger charge is 2.22. The monoisotopic (exact) mass is 303 g/mol. The molecule has 2 amide bonds. The Morgan fingerprint density at radius 2 is 1.86 bits per heavy atom. The van der Waals surface area contributed by atoms with E-state index in [0.29, 0.717) is 37.3 Å². The molecule has 1 saturated heterocycles. The summed E-state index contributed by atoms with van der Waals surface area (Å²) >= 11 is 0. The third-order valence-electron chi connectivity index (χ3n) is 3.92. The highest BCUT2D eigenvalue weighted by molar-refractivity contribution is 5.81. The van der Waals surface area contributed by atoms with E-state index in [1.165, 1.54) is 0 Å². The number of carbonyl (C=O) groups excluding carboxylic acids is 2. The molecule has 1 fully saturated rings. The summed E-state index contributed by atoms with van der Waals surface area (Å²) in [6.45, 7) is 3.81. The van der Waals surface area contributed by atoms with Gasteiger partial charge < -0.3 is 14.2 Å². The van der Waals surface area contributed by atoms with Gasteiger partial charge in [0.25, 0.3) is 0 Å². The van der Waals surface area contributed by atoms with Gasteiger partial charge >= 0.3 is 5.76 Å². The summed E-state index contributed by atoms with van der Waals surface area (Å²) in [6, 6.07) is 5.22. The van der Waals surface area contributed by atoms with Gasteiger partial charge in [-0.1, -0.05) is 6.07 Å². The number of nitrogens with zero attached hydrogens (tertiary/aromatic N) is 2. The van der Waals surface area contributed by atoms with Gasteiger partial charge in [-0.05, 0) is 17.7 Å². The van der Waals surface area contributed by atoms with Gasteiger partial charge in [0.1, 0.15) is 0 Å². The molecule has 0 radical (unpaired) electrons. The standard InChI is InChI=1S/C15H17N3O4/c1-10(19)17-4-6-18(7-5-17)14(20)9-11-2-3-13-12(8-11)16-15(21)22-13/h2-3,8H,4-7,9H2,1H3,(H,16,21). The Labute approximate surface area is 126 Å². The molecule has 116 valence electrons. The van der Waals surface area contributed by atoms with Crippen LogP contribution in [0.5, 0.6) is 0 Å². The number of rotatable bonds is 2. The lowest BCUT2D eigenvalue weighted by Gasteiger charge is -2.34. The second kappa shape index (κ2) is 5.67. The number of hydrogen-bond acceptors (Lipinski definition) is 4. The van der Waals surface area contributed by atoms with E-state index in [4.69, 9.17) is 4.42 Å². The van der Waals surface area contributed by atoms with Crippen LogP contribution in [0, 0.1) is 0 Å². The lowest BCUT2D eigenvalue weighted by atomic mass is 10.1. The number of aromatic amines is 1. The fraction of sp³-hybridized carbons (Fsp3) is 0.400. The van der Waals surface area contributed by atoms with Gasteiger partial charge in [0.2, 0.25) is 11.8 Å². The molecule has 0 atom stereocenters. The van der Waals surface area contributed by atoms with Crippen molar-refractivity contribution in [3.05, 3.63) is 34.3 Å². The molecule has 3 rings (SSSR count). The average Bonchev–Trinajstić information content (AvgIpc) is 2.86. The van der Waals surface area contributed by atoms with Crippen molar-refractivity contribution in [1.82, 2.24) is 14.8 Å². The molecule has 22 heavy (non-hydrogen) atoms. The lowest BCUT2D eigenvalue weighted by Crippen LogP contribution is -2.50. The fourth-order valence-electron chi connectivity index (χ4n) is 2.67. The molecule has 0 spiro atoms. The molecule has 7 heteroatoms. The van der Waals surface area contributed by atoms with Crippen LogP contribution in [0.3, 0.4) is 0 Å². The molecule has 1 aliphatic heterocycles. The molecule has 7 nitrogen and oxygen atoms in total. The van der Waals surface area contributed by atoms with Crippen LogP contribution in [0.4, 0.5) is 0 Å². The number of H-pyrrole nitrogens is 1. The minimum atomic E-state index is -0.501. The first-order valence-corrected chi connectivity index (χ1v) is 7.18. The van der Waals surface area contributed by atoms with Crippen molar-refractivity contribution in [1.29, 1.82) is 0 Å². The first-order chi connectivity index (χ1) is 10.5. The van der Waals surface area contributed by atoms with E-state index in [-0.39, 0.29) is 18.2 Å². The first-order valence-electron chi connectivity index (χ1n) is 7.18. The molecule has 0 bridgehead atoms. The summed E-state index contributed by atoms with van der Waals surface area (Å²) in [5.74, 6) is -0.436. The zero-order valence-corrected chi connectivity index (χ0v) is 12.3. The van der Waals surface area contributed by atoms with E-state index in [9.17, 15) is 14.4 Å². The Kier molecular flexibility index (Phi) is 3.70. The number of fused-ring (bicyclic) bond motifs is 1. The van der Waals surface area contributed by atoms with Crippen LogP contribution >= 0.6 is 0 Å². The number of carbonyl (C=O) groups is 2. The summed E-state index contributed by atoms with van der Waals surface area (Å²) in [5, 5.41) is 0. The Morgan fingerprint density at radius 1 is 1.18 bits per heavy atom. The summed E-state index contributed by atoms with van der Waals surface area (Å²) in [6.07, 6.45) is 0.267. The molecule has 1 N–H and O–H groups in total. The molecule has 1 aliphatic rings. The van der Waals surface area contributed by atoms with Crippen molar-refractivity contribution < 1.29 is 14.0 Å². The van der Waals surface area contributed by atoms with Crippen LogP contribution < -0.4 is 5.76 Å². The summed E-state index contributed by atoms with van der Waals surface area (Å²) in [4.78, 5) is 40.8. The van der Waals surface area contributed by atoms with Gasteiger partial charge in [-0.2, -0.15) is 0 Å².